The van der Waals surface area contributed by atoms with Crippen LogP contribution in [0, 0.1) is 6.92 Å². The fraction of sp³-hybridized carbons (Fsp3) is 0.222. The summed E-state index contributed by atoms with van der Waals surface area (Å²) < 4.78 is 0. The van der Waals surface area contributed by atoms with E-state index in [9.17, 15) is 9.59 Å². The van der Waals surface area contributed by atoms with E-state index in [1.807, 2.05) is 31.2 Å². The number of anilines is 2. The van der Waals surface area contributed by atoms with Gasteiger partial charge < -0.3 is 15.5 Å². The standard InChI is InChI=1S/C18H18ClN3O2/c1-12-2-6-14(7-3-12)20-18(24)21-15-10-17(23)22(11-15)16-8-4-13(19)5-9-16/h2-9,15H,10-11H2,1H3,(H2,20,21,24)/t15-/m0/s1. The molecule has 1 heterocycles. The Hall–Kier alpha value is -2.53. The first-order chi connectivity index (χ1) is 11.5. The highest BCUT2D eigenvalue weighted by Crippen LogP contribution is 2.23. The van der Waals surface area contributed by atoms with Gasteiger partial charge in [0.25, 0.3) is 0 Å². The van der Waals surface area contributed by atoms with Crippen molar-refractivity contribution >= 4 is 34.9 Å². The van der Waals surface area contributed by atoms with Gasteiger partial charge >= 0.3 is 6.03 Å². The zero-order valence-electron chi connectivity index (χ0n) is 13.3. The second-order valence-corrected chi connectivity index (χ2v) is 6.28. The molecule has 0 unspecified atom stereocenters. The topological polar surface area (TPSA) is 61.4 Å². The number of carbonyl (C=O) groups excluding carboxylic acids is 2. The van der Waals surface area contributed by atoms with E-state index in [1.165, 1.54) is 0 Å². The van der Waals surface area contributed by atoms with Gasteiger partial charge in [-0.3, -0.25) is 4.79 Å². The Kier molecular flexibility index (Phi) is 4.71. The summed E-state index contributed by atoms with van der Waals surface area (Å²) in [6.07, 6.45) is 0.282. The fourth-order valence-corrected chi connectivity index (χ4v) is 2.79. The number of rotatable bonds is 3. The average Bonchev–Trinajstić information content (AvgIpc) is 2.90. The fourth-order valence-electron chi connectivity index (χ4n) is 2.66. The zero-order chi connectivity index (χ0) is 17.1. The molecule has 2 aromatic carbocycles. The second kappa shape index (κ2) is 6.93. The third-order valence-electron chi connectivity index (χ3n) is 3.91. The van der Waals surface area contributed by atoms with Crippen molar-refractivity contribution < 1.29 is 9.59 Å². The molecular weight excluding hydrogens is 326 g/mol. The number of halogens is 1. The summed E-state index contributed by atoms with van der Waals surface area (Å²) in [6.45, 7) is 2.43. The second-order valence-electron chi connectivity index (χ2n) is 5.85. The van der Waals surface area contributed by atoms with Gasteiger partial charge in [0.15, 0.2) is 0 Å². The molecule has 3 amide bonds. The molecule has 1 aliphatic heterocycles. The Balaban J connectivity index is 1.58. The molecule has 0 aliphatic carbocycles. The van der Waals surface area contributed by atoms with Crippen LogP contribution in [0.5, 0.6) is 0 Å². The van der Waals surface area contributed by atoms with Crippen molar-refractivity contribution in [2.24, 2.45) is 0 Å². The van der Waals surface area contributed by atoms with Gasteiger partial charge in [-0.2, -0.15) is 0 Å². The summed E-state index contributed by atoms with van der Waals surface area (Å²) in [6, 6.07) is 14.1. The summed E-state index contributed by atoms with van der Waals surface area (Å²) in [7, 11) is 0. The lowest BCUT2D eigenvalue weighted by Gasteiger charge is -2.17. The molecule has 2 N–H and O–H groups in total. The van der Waals surface area contributed by atoms with Crippen molar-refractivity contribution in [1.29, 1.82) is 0 Å². The highest BCUT2D eigenvalue weighted by Gasteiger charge is 2.31. The number of hydrogen-bond donors (Lipinski definition) is 2. The van der Waals surface area contributed by atoms with E-state index in [2.05, 4.69) is 10.6 Å². The SMILES string of the molecule is Cc1ccc(NC(=O)N[C@H]2CC(=O)N(c3ccc(Cl)cc3)C2)cc1. The van der Waals surface area contributed by atoms with Gasteiger partial charge in [0.1, 0.15) is 0 Å². The molecule has 3 rings (SSSR count). The Morgan fingerprint density at radius 1 is 1.12 bits per heavy atom. The number of benzene rings is 2. The maximum Gasteiger partial charge on any atom is 0.319 e. The first-order valence-corrected chi connectivity index (χ1v) is 8.09. The van der Waals surface area contributed by atoms with Crippen LogP contribution in [0.15, 0.2) is 48.5 Å². The molecule has 0 spiro atoms. The molecule has 2 aromatic rings. The molecule has 5 nitrogen and oxygen atoms in total. The van der Waals surface area contributed by atoms with Gasteiger partial charge in [0.05, 0.1) is 6.04 Å². The maximum absolute atomic E-state index is 12.2. The lowest BCUT2D eigenvalue weighted by molar-refractivity contribution is -0.117. The van der Waals surface area contributed by atoms with E-state index in [4.69, 9.17) is 11.6 Å². The van der Waals surface area contributed by atoms with Crippen LogP contribution in [-0.4, -0.2) is 24.5 Å². The summed E-state index contributed by atoms with van der Waals surface area (Å²) in [5.74, 6) is -0.0158. The van der Waals surface area contributed by atoms with E-state index in [0.29, 0.717) is 11.6 Å². The van der Waals surface area contributed by atoms with Crippen LogP contribution in [0.3, 0.4) is 0 Å². The number of nitrogens with one attached hydrogen (secondary N) is 2. The van der Waals surface area contributed by atoms with E-state index in [0.717, 1.165) is 16.9 Å². The normalized spacial score (nSPS) is 17.0. The number of hydrogen-bond acceptors (Lipinski definition) is 2. The van der Waals surface area contributed by atoms with Gasteiger partial charge in [-0.1, -0.05) is 29.3 Å². The highest BCUT2D eigenvalue weighted by molar-refractivity contribution is 6.30. The third-order valence-corrected chi connectivity index (χ3v) is 4.16. The van der Waals surface area contributed by atoms with E-state index >= 15 is 0 Å². The molecule has 24 heavy (non-hydrogen) atoms. The molecular formula is C18H18ClN3O2. The van der Waals surface area contributed by atoms with E-state index in [-0.39, 0.29) is 24.4 Å². The van der Waals surface area contributed by atoms with Gasteiger partial charge in [-0.15, -0.1) is 0 Å². The number of amides is 3. The van der Waals surface area contributed by atoms with E-state index in [1.54, 1.807) is 29.2 Å². The van der Waals surface area contributed by atoms with Gasteiger partial charge in [0, 0.05) is 29.4 Å². The van der Waals surface area contributed by atoms with Crippen LogP contribution in [-0.2, 0) is 4.79 Å². The van der Waals surface area contributed by atoms with Crippen molar-refractivity contribution in [3.8, 4) is 0 Å². The van der Waals surface area contributed by atoms with Crippen molar-refractivity contribution in [2.75, 3.05) is 16.8 Å². The first-order valence-electron chi connectivity index (χ1n) is 7.71. The van der Waals surface area contributed by atoms with Crippen LogP contribution < -0.4 is 15.5 Å². The first kappa shape index (κ1) is 16.3. The summed E-state index contributed by atoms with van der Waals surface area (Å²) in [4.78, 5) is 25.9. The maximum atomic E-state index is 12.2. The number of nitrogens with zero attached hydrogens (tertiary/aromatic N) is 1. The zero-order valence-corrected chi connectivity index (χ0v) is 14.0. The Bertz CT molecular complexity index is 744. The van der Waals surface area contributed by atoms with Crippen molar-refractivity contribution in [2.45, 2.75) is 19.4 Å². The quantitative estimate of drug-likeness (QED) is 0.894. The monoisotopic (exact) mass is 343 g/mol. The van der Waals surface area contributed by atoms with E-state index < -0.39 is 0 Å². The van der Waals surface area contributed by atoms with Crippen molar-refractivity contribution in [3.05, 3.63) is 59.1 Å². The number of aryl methyl sites for hydroxylation is 1. The number of carbonyl (C=O) groups is 2. The lowest BCUT2D eigenvalue weighted by atomic mass is 10.2. The summed E-state index contributed by atoms with van der Waals surface area (Å²) in [5.41, 5.74) is 2.63. The molecule has 124 valence electrons. The van der Waals surface area contributed by atoms with Crippen molar-refractivity contribution in [1.82, 2.24) is 5.32 Å². The smallest absolute Gasteiger partial charge is 0.319 e. The van der Waals surface area contributed by atoms with Crippen LogP contribution in [0.4, 0.5) is 16.2 Å². The van der Waals surface area contributed by atoms with Crippen LogP contribution >= 0.6 is 11.6 Å². The summed E-state index contributed by atoms with van der Waals surface area (Å²) >= 11 is 5.87. The minimum Gasteiger partial charge on any atom is -0.333 e. The third kappa shape index (κ3) is 3.86. The Morgan fingerprint density at radius 2 is 1.79 bits per heavy atom. The molecule has 1 aliphatic rings. The molecule has 0 aromatic heterocycles. The van der Waals surface area contributed by atoms with Crippen LogP contribution in [0.2, 0.25) is 5.02 Å². The van der Waals surface area contributed by atoms with Crippen molar-refractivity contribution in [3.63, 3.8) is 0 Å². The minimum atomic E-state index is -0.311. The van der Waals surface area contributed by atoms with Crippen LogP contribution in [0.1, 0.15) is 12.0 Å². The number of urea groups is 1. The molecule has 1 saturated heterocycles. The highest BCUT2D eigenvalue weighted by atomic mass is 35.5. The van der Waals surface area contributed by atoms with Gasteiger partial charge in [-0.05, 0) is 43.3 Å². The predicted octanol–water partition coefficient (Wildman–Crippen LogP) is 3.58. The largest absolute Gasteiger partial charge is 0.333 e. The molecule has 0 saturated carbocycles. The van der Waals surface area contributed by atoms with Crippen LogP contribution in [0.25, 0.3) is 0 Å². The summed E-state index contributed by atoms with van der Waals surface area (Å²) in [5, 5.41) is 6.24. The Labute approximate surface area is 145 Å². The predicted molar refractivity (Wildman–Crippen MR) is 95.5 cm³/mol. The molecule has 0 bridgehead atoms. The molecule has 6 heteroatoms. The molecule has 1 atom stereocenters. The molecule has 1 fully saturated rings. The average molecular weight is 344 g/mol. The van der Waals surface area contributed by atoms with Gasteiger partial charge in [-0.25, -0.2) is 4.79 Å². The Morgan fingerprint density at radius 3 is 2.46 bits per heavy atom. The van der Waals surface area contributed by atoms with Gasteiger partial charge in [0.2, 0.25) is 5.91 Å². The lowest BCUT2D eigenvalue weighted by Crippen LogP contribution is -2.39. The molecule has 0 radical (unpaired) electrons. The minimum absolute atomic E-state index is 0.0158.